The number of nitrogens with one attached hydrogen (secondary N) is 2. The van der Waals surface area contributed by atoms with Crippen molar-refractivity contribution < 1.29 is 0 Å². The van der Waals surface area contributed by atoms with Crippen molar-refractivity contribution in [3.63, 3.8) is 0 Å². The monoisotopic (exact) mass is 242 g/mol. The minimum absolute atomic E-state index is 0.445. The number of hydrogen-bond donors (Lipinski definition) is 2. The van der Waals surface area contributed by atoms with Gasteiger partial charge in [0.2, 0.25) is 0 Å². The van der Waals surface area contributed by atoms with Crippen molar-refractivity contribution in [3.05, 3.63) is 0 Å². The Kier molecular flexibility index (Phi) is 8.89. The van der Waals surface area contributed by atoms with Crippen molar-refractivity contribution in [1.82, 2.24) is 10.6 Å². The largest absolute Gasteiger partial charge is 0.317 e. The molecule has 0 spiro atoms. The van der Waals surface area contributed by atoms with Crippen LogP contribution in [0.25, 0.3) is 0 Å². The number of hydrogen-bond acceptors (Lipinski definition) is 2. The average molecular weight is 242 g/mol. The van der Waals surface area contributed by atoms with E-state index >= 15 is 0 Å². The zero-order valence-electron chi connectivity index (χ0n) is 12.9. The summed E-state index contributed by atoms with van der Waals surface area (Å²) in [7, 11) is 0. The van der Waals surface area contributed by atoms with Crippen LogP contribution in [0.3, 0.4) is 0 Å². The Hall–Kier alpha value is -0.0800. The van der Waals surface area contributed by atoms with Crippen LogP contribution in [0.1, 0.15) is 54.4 Å². The molecule has 0 bridgehead atoms. The predicted molar refractivity (Wildman–Crippen MR) is 78.4 cm³/mol. The maximum Gasteiger partial charge on any atom is -0.00258 e. The summed E-state index contributed by atoms with van der Waals surface area (Å²) >= 11 is 0. The lowest BCUT2D eigenvalue weighted by atomic mass is 9.80. The van der Waals surface area contributed by atoms with E-state index in [0.29, 0.717) is 5.41 Å². The van der Waals surface area contributed by atoms with Crippen LogP contribution in [0.15, 0.2) is 0 Å². The fraction of sp³-hybridized carbons (Fsp3) is 1.00. The van der Waals surface area contributed by atoms with Gasteiger partial charge in [0.05, 0.1) is 0 Å². The van der Waals surface area contributed by atoms with Crippen molar-refractivity contribution in [3.8, 4) is 0 Å². The van der Waals surface area contributed by atoms with E-state index in [1.54, 1.807) is 0 Å². The molecule has 2 nitrogen and oxygen atoms in total. The third kappa shape index (κ3) is 10.8. The van der Waals surface area contributed by atoms with Gasteiger partial charge in [-0.15, -0.1) is 0 Å². The second-order valence-electron chi connectivity index (χ2n) is 6.76. The molecule has 0 rings (SSSR count). The summed E-state index contributed by atoms with van der Waals surface area (Å²) in [6, 6.07) is 0. The van der Waals surface area contributed by atoms with Crippen LogP contribution in [0.5, 0.6) is 0 Å². The summed E-state index contributed by atoms with van der Waals surface area (Å²) < 4.78 is 0. The lowest BCUT2D eigenvalue weighted by molar-refractivity contribution is 0.245. The summed E-state index contributed by atoms with van der Waals surface area (Å²) in [4.78, 5) is 0. The van der Waals surface area contributed by atoms with Gasteiger partial charge < -0.3 is 10.6 Å². The van der Waals surface area contributed by atoms with Gasteiger partial charge in [0.1, 0.15) is 0 Å². The minimum Gasteiger partial charge on any atom is -0.317 e. The lowest BCUT2D eigenvalue weighted by Crippen LogP contribution is -2.27. The molecule has 0 aliphatic rings. The predicted octanol–water partition coefficient (Wildman–Crippen LogP) is 3.28. The smallest absolute Gasteiger partial charge is 0.00258 e. The molecule has 0 amide bonds. The van der Waals surface area contributed by atoms with E-state index in [1.165, 1.54) is 12.8 Å². The van der Waals surface area contributed by atoms with Crippen LogP contribution >= 0.6 is 0 Å². The molecule has 0 aromatic rings. The van der Waals surface area contributed by atoms with Crippen LogP contribution in [0.4, 0.5) is 0 Å². The van der Waals surface area contributed by atoms with Gasteiger partial charge in [-0.25, -0.2) is 0 Å². The van der Waals surface area contributed by atoms with Gasteiger partial charge in [0.15, 0.2) is 0 Å². The second kappa shape index (κ2) is 8.93. The highest BCUT2D eigenvalue weighted by molar-refractivity contribution is 4.70. The Balaban J connectivity index is 3.24. The zero-order chi connectivity index (χ0) is 13.3. The fourth-order valence-electron chi connectivity index (χ4n) is 1.61. The van der Waals surface area contributed by atoms with Gasteiger partial charge >= 0.3 is 0 Å². The Morgan fingerprint density at radius 3 is 2.00 bits per heavy atom. The van der Waals surface area contributed by atoms with Crippen LogP contribution < -0.4 is 10.6 Å². The second-order valence-corrected chi connectivity index (χ2v) is 6.76. The highest BCUT2D eigenvalue weighted by atomic mass is 14.9. The molecule has 104 valence electrons. The van der Waals surface area contributed by atoms with E-state index in [4.69, 9.17) is 0 Å². The molecule has 0 heterocycles. The van der Waals surface area contributed by atoms with Crippen LogP contribution in [-0.2, 0) is 0 Å². The maximum atomic E-state index is 3.54. The van der Waals surface area contributed by atoms with Crippen molar-refractivity contribution in [2.24, 2.45) is 17.3 Å². The molecular weight excluding hydrogens is 208 g/mol. The van der Waals surface area contributed by atoms with Crippen molar-refractivity contribution in [2.45, 2.75) is 54.4 Å². The lowest BCUT2D eigenvalue weighted by Gasteiger charge is -2.27. The van der Waals surface area contributed by atoms with Crippen LogP contribution in [0.2, 0.25) is 0 Å². The van der Waals surface area contributed by atoms with E-state index in [-0.39, 0.29) is 0 Å². The molecule has 1 atom stereocenters. The molecular formula is C15H34N2. The first kappa shape index (κ1) is 16.9. The first-order chi connectivity index (χ1) is 7.84. The molecule has 2 N–H and O–H groups in total. The van der Waals surface area contributed by atoms with E-state index < -0.39 is 0 Å². The normalized spacial score (nSPS) is 14.3. The van der Waals surface area contributed by atoms with Gasteiger partial charge in [0, 0.05) is 0 Å². The van der Waals surface area contributed by atoms with Crippen LogP contribution in [0, 0.1) is 17.3 Å². The highest BCUT2D eigenvalue weighted by Gasteiger charge is 2.18. The van der Waals surface area contributed by atoms with Gasteiger partial charge in [-0.1, -0.05) is 41.5 Å². The Labute approximate surface area is 109 Å². The molecule has 0 aromatic heterocycles. The summed E-state index contributed by atoms with van der Waals surface area (Å²) in [6.45, 7) is 18.4. The van der Waals surface area contributed by atoms with Gasteiger partial charge in [-0.2, -0.15) is 0 Å². The summed E-state index contributed by atoms with van der Waals surface area (Å²) in [5.74, 6) is 1.55. The Morgan fingerprint density at radius 1 is 0.882 bits per heavy atom. The molecule has 0 aliphatic carbocycles. The third-order valence-corrected chi connectivity index (χ3v) is 3.49. The highest BCUT2D eigenvalue weighted by Crippen LogP contribution is 2.27. The standard InChI is InChI=1S/C15H34N2/c1-13(2)12-17-10-7-9-16-11-8-14(3)15(4,5)6/h13-14,16-17H,7-12H2,1-6H3. The first-order valence-electron chi connectivity index (χ1n) is 7.25. The average Bonchev–Trinajstić information content (AvgIpc) is 2.19. The molecule has 2 heteroatoms. The quantitative estimate of drug-likeness (QED) is 0.606. The number of rotatable bonds is 9. The molecule has 0 fully saturated rings. The molecule has 0 saturated heterocycles. The first-order valence-corrected chi connectivity index (χ1v) is 7.25. The summed E-state index contributed by atoms with van der Waals surface area (Å²) in [6.07, 6.45) is 2.51. The molecule has 0 radical (unpaired) electrons. The van der Waals surface area contributed by atoms with E-state index in [2.05, 4.69) is 52.2 Å². The SMILES string of the molecule is CC(C)CNCCCNCCC(C)C(C)(C)C. The Morgan fingerprint density at radius 2 is 1.47 bits per heavy atom. The van der Waals surface area contributed by atoms with Crippen molar-refractivity contribution >= 4 is 0 Å². The topological polar surface area (TPSA) is 24.1 Å². The Bertz CT molecular complexity index is 170. The van der Waals surface area contributed by atoms with E-state index in [9.17, 15) is 0 Å². The molecule has 0 aromatic carbocycles. The van der Waals surface area contributed by atoms with Crippen molar-refractivity contribution in [2.75, 3.05) is 26.2 Å². The van der Waals surface area contributed by atoms with Gasteiger partial charge in [0.25, 0.3) is 0 Å². The molecule has 17 heavy (non-hydrogen) atoms. The molecule has 0 saturated carbocycles. The van der Waals surface area contributed by atoms with E-state index in [0.717, 1.165) is 38.0 Å². The molecule has 1 unspecified atom stereocenters. The maximum absolute atomic E-state index is 3.54. The summed E-state index contributed by atoms with van der Waals surface area (Å²) in [5.41, 5.74) is 0.445. The van der Waals surface area contributed by atoms with Gasteiger partial charge in [-0.05, 0) is 56.3 Å². The fourth-order valence-corrected chi connectivity index (χ4v) is 1.61. The zero-order valence-corrected chi connectivity index (χ0v) is 12.9. The minimum atomic E-state index is 0.445. The van der Waals surface area contributed by atoms with Crippen LogP contribution in [-0.4, -0.2) is 26.2 Å². The molecule has 0 aliphatic heterocycles. The van der Waals surface area contributed by atoms with Crippen molar-refractivity contribution in [1.29, 1.82) is 0 Å². The summed E-state index contributed by atoms with van der Waals surface area (Å²) in [5, 5.41) is 7.01. The van der Waals surface area contributed by atoms with Gasteiger partial charge in [-0.3, -0.25) is 0 Å². The van der Waals surface area contributed by atoms with E-state index in [1.807, 2.05) is 0 Å². The third-order valence-electron chi connectivity index (χ3n) is 3.49.